The van der Waals surface area contributed by atoms with E-state index in [-0.39, 0.29) is 9.23 Å². The maximum absolute atomic E-state index is 12.5. The lowest BCUT2D eigenvalue weighted by Gasteiger charge is -2.21. The topological polar surface area (TPSA) is 104 Å². The fourth-order valence-electron chi connectivity index (χ4n) is 2.18. The maximum atomic E-state index is 12.5. The molecule has 1 aromatic carbocycles. The Labute approximate surface area is 153 Å². The number of thioether (sulfide) groups is 1. The molecule has 1 atom stereocenters. The van der Waals surface area contributed by atoms with Gasteiger partial charge in [0.25, 0.3) is 5.91 Å². The second-order valence-corrected chi connectivity index (χ2v) is 6.68. The number of hydrogen-bond donors (Lipinski definition) is 2. The average molecular weight is 381 g/mol. The first-order valence-corrected chi connectivity index (χ1v) is 8.50. The molecule has 0 saturated carbocycles. The van der Waals surface area contributed by atoms with E-state index in [1.165, 1.54) is 0 Å². The van der Waals surface area contributed by atoms with Crippen molar-refractivity contribution in [1.82, 2.24) is 4.90 Å². The number of aliphatic carboxylic acids is 2. The highest BCUT2D eigenvalue weighted by Crippen LogP contribution is 2.34. The van der Waals surface area contributed by atoms with Crippen LogP contribution < -0.4 is 4.74 Å². The maximum Gasteiger partial charge on any atom is 0.327 e. The number of carboxylic acids is 2. The number of nitrogens with zero attached hydrogens (tertiary/aromatic N) is 1. The summed E-state index contributed by atoms with van der Waals surface area (Å²) >= 11 is 6.01. The van der Waals surface area contributed by atoms with Gasteiger partial charge in [0.15, 0.2) is 0 Å². The summed E-state index contributed by atoms with van der Waals surface area (Å²) in [6.45, 7) is 2.41. The van der Waals surface area contributed by atoms with Gasteiger partial charge in [0.05, 0.1) is 17.9 Å². The Morgan fingerprint density at radius 2 is 1.96 bits per heavy atom. The number of rotatable bonds is 7. The number of benzene rings is 1. The first-order valence-electron chi connectivity index (χ1n) is 7.28. The zero-order valence-corrected chi connectivity index (χ0v) is 14.8. The van der Waals surface area contributed by atoms with E-state index >= 15 is 0 Å². The smallest absolute Gasteiger partial charge is 0.327 e. The van der Waals surface area contributed by atoms with Gasteiger partial charge in [0.2, 0.25) is 0 Å². The molecule has 1 fully saturated rings. The molecular weight excluding hydrogens is 366 g/mol. The molecule has 2 N–H and O–H groups in total. The third kappa shape index (κ3) is 4.58. The highest BCUT2D eigenvalue weighted by Gasteiger charge is 2.41. The number of carboxylic acid groups (broad SMARTS) is 2. The number of carbonyl (C=O) groups excluding carboxylic acids is 1. The van der Waals surface area contributed by atoms with Crippen LogP contribution in [-0.2, 0) is 14.4 Å². The summed E-state index contributed by atoms with van der Waals surface area (Å²) in [6, 6.07) is 5.48. The Morgan fingerprint density at radius 1 is 1.32 bits per heavy atom. The highest BCUT2D eigenvalue weighted by molar-refractivity contribution is 8.26. The zero-order valence-electron chi connectivity index (χ0n) is 13.2. The van der Waals surface area contributed by atoms with Crippen molar-refractivity contribution >= 4 is 52.2 Å². The molecule has 1 aromatic rings. The SMILES string of the molecule is CCOc1ccc(/C=C2/SC(=S)N(C(CC(=O)O)C(=O)O)C2=O)cc1. The second kappa shape index (κ2) is 8.13. The monoisotopic (exact) mass is 381 g/mol. The summed E-state index contributed by atoms with van der Waals surface area (Å²) in [5.74, 6) is -2.66. The second-order valence-electron chi connectivity index (χ2n) is 5.01. The molecule has 0 spiro atoms. The minimum atomic E-state index is -1.53. The number of hydrogen-bond acceptors (Lipinski definition) is 6. The van der Waals surface area contributed by atoms with Gasteiger partial charge in [-0.2, -0.15) is 0 Å². The van der Waals surface area contributed by atoms with E-state index < -0.39 is 30.3 Å². The zero-order chi connectivity index (χ0) is 18.6. The van der Waals surface area contributed by atoms with Crippen molar-refractivity contribution in [2.24, 2.45) is 0 Å². The lowest BCUT2D eigenvalue weighted by atomic mass is 10.1. The van der Waals surface area contributed by atoms with Gasteiger partial charge in [-0.15, -0.1) is 0 Å². The van der Waals surface area contributed by atoms with Crippen molar-refractivity contribution in [2.75, 3.05) is 6.61 Å². The molecule has 0 aliphatic carbocycles. The molecule has 1 amide bonds. The predicted molar refractivity (Wildman–Crippen MR) is 96.3 cm³/mol. The van der Waals surface area contributed by atoms with Crippen molar-refractivity contribution in [2.45, 2.75) is 19.4 Å². The minimum absolute atomic E-state index is 0.0239. The van der Waals surface area contributed by atoms with Gasteiger partial charge in [0, 0.05) is 0 Å². The van der Waals surface area contributed by atoms with Gasteiger partial charge in [-0.05, 0) is 30.7 Å². The van der Waals surface area contributed by atoms with Crippen molar-refractivity contribution in [3.8, 4) is 5.75 Å². The fraction of sp³-hybridized carbons (Fsp3) is 0.250. The molecule has 0 radical (unpaired) electrons. The van der Waals surface area contributed by atoms with Crippen LogP contribution in [0.2, 0.25) is 0 Å². The van der Waals surface area contributed by atoms with Crippen LogP contribution in [0.3, 0.4) is 0 Å². The molecule has 132 valence electrons. The summed E-state index contributed by atoms with van der Waals surface area (Å²) in [5, 5.41) is 18.1. The Hall–Kier alpha value is -2.39. The fourth-order valence-corrected chi connectivity index (χ4v) is 3.54. The highest BCUT2D eigenvalue weighted by atomic mass is 32.2. The molecule has 7 nitrogen and oxygen atoms in total. The Bertz CT molecular complexity index is 743. The van der Waals surface area contributed by atoms with Gasteiger partial charge in [-0.3, -0.25) is 14.5 Å². The normalized spacial score (nSPS) is 17.0. The summed E-state index contributed by atoms with van der Waals surface area (Å²) in [4.78, 5) is 35.8. The van der Waals surface area contributed by atoms with Crippen LogP contribution in [0.1, 0.15) is 18.9 Å². The number of carbonyl (C=O) groups is 3. The van der Waals surface area contributed by atoms with Crippen LogP contribution in [-0.4, -0.2) is 49.9 Å². The predicted octanol–water partition coefficient (Wildman–Crippen LogP) is 2.21. The average Bonchev–Trinajstić information content (AvgIpc) is 2.81. The molecule has 0 aromatic heterocycles. The molecule has 1 saturated heterocycles. The van der Waals surface area contributed by atoms with E-state index in [1.54, 1.807) is 30.3 Å². The largest absolute Gasteiger partial charge is 0.494 e. The molecular formula is C16H15NO6S2. The molecule has 1 aliphatic rings. The van der Waals surface area contributed by atoms with Gasteiger partial charge >= 0.3 is 11.9 Å². The molecule has 1 heterocycles. The third-order valence-electron chi connectivity index (χ3n) is 3.28. The van der Waals surface area contributed by atoms with E-state index in [9.17, 15) is 19.5 Å². The van der Waals surface area contributed by atoms with Crippen LogP contribution in [0, 0.1) is 0 Å². The van der Waals surface area contributed by atoms with E-state index in [0.717, 1.165) is 16.7 Å². The van der Waals surface area contributed by atoms with E-state index in [4.69, 9.17) is 22.1 Å². The standard InChI is InChI=1S/C16H15NO6S2/c1-2-23-10-5-3-9(4-6-10)7-12-14(20)17(16(24)25-12)11(15(21)22)8-13(18)19/h3-7,11H,2,8H2,1H3,(H,18,19)(H,21,22)/b12-7+. The summed E-state index contributed by atoms with van der Waals surface area (Å²) in [6.07, 6.45) is 0.854. The summed E-state index contributed by atoms with van der Waals surface area (Å²) in [7, 11) is 0. The van der Waals surface area contributed by atoms with Crippen LogP contribution in [0.4, 0.5) is 0 Å². The van der Waals surface area contributed by atoms with Gasteiger partial charge in [-0.1, -0.05) is 36.1 Å². The van der Waals surface area contributed by atoms with Gasteiger partial charge in [0.1, 0.15) is 16.1 Å². The lowest BCUT2D eigenvalue weighted by molar-refractivity contribution is -0.150. The molecule has 25 heavy (non-hydrogen) atoms. The molecule has 9 heteroatoms. The van der Waals surface area contributed by atoms with Gasteiger partial charge < -0.3 is 14.9 Å². The van der Waals surface area contributed by atoms with Crippen molar-refractivity contribution in [1.29, 1.82) is 0 Å². The molecule has 1 unspecified atom stereocenters. The molecule has 2 rings (SSSR count). The number of amides is 1. The van der Waals surface area contributed by atoms with E-state index in [2.05, 4.69) is 0 Å². The van der Waals surface area contributed by atoms with Gasteiger partial charge in [-0.25, -0.2) is 4.79 Å². The Balaban J connectivity index is 2.24. The molecule has 1 aliphatic heterocycles. The van der Waals surface area contributed by atoms with Crippen molar-refractivity contribution in [3.05, 3.63) is 34.7 Å². The van der Waals surface area contributed by atoms with Crippen LogP contribution in [0.25, 0.3) is 6.08 Å². The summed E-state index contributed by atoms with van der Waals surface area (Å²) < 4.78 is 5.36. The summed E-state index contributed by atoms with van der Waals surface area (Å²) in [5.41, 5.74) is 0.717. The Kier molecular flexibility index (Phi) is 6.16. The number of thiocarbonyl (C=S) groups is 1. The van der Waals surface area contributed by atoms with E-state index in [1.807, 2.05) is 6.92 Å². The van der Waals surface area contributed by atoms with Crippen LogP contribution >= 0.6 is 24.0 Å². The van der Waals surface area contributed by atoms with E-state index in [0.29, 0.717) is 17.9 Å². The lowest BCUT2D eigenvalue weighted by Crippen LogP contribution is -2.45. The quantitative estimate of drug-likeness (QED) is 0.547. The van der Waals surface area contributed by atoms with Crippen LogP contribution in [0.15, 0.2) is 29.2 Å². The van der Waals surface area contributed by atoms with Crippen molar-refractivity contribution in [3.63, 3.8) is 0 Å². The Morgan fingerprint density at radius 3 is 2.48 bits per heavy atom. The van der Waals surface area contributed by atoms with Crippen LogP contribution in [0.5, 0.6) is 5.75 Å². The first kappa shape index (κ1) is 18.9. The van der Waals surface area contributed by atoms with Crippen molar-refractivity contribution < 1.29 is 29.3 Å². The molecule has 0 bridgehead atoms. The number of ether oxygens (including phenoxy) is 1. The first-order chi connectivity index (χ1) is 11.8. The minimum Gasteiger partial charge on any atom is -0.494 e. The third-order valence-corrected chi connectivity index (χ3v) is 4.61.